The summed E-state index contributed by atoms with van der Waals surface area (Å²) in [5.41, 5.74) is 0. The summed E-state index contributed by atoms with van der Waals surface area (Å²) in [6.45, 7) is 5.35. The fraction of sp³-hybridized carbons (Fsp3) is 0.857. The lowest BCUT2D eigenvalue weighted by Gasteiger charge is -2.04. The van der Waals surface area contributed by atoms with Crippen LogP contribution in [0, 0.1) is 5.92 Å². The van der Waals surface area contributed by atoms with Crippen molar-refractivity contribution in [1.82, 2.24) is 0 Å². The minimum Gasteiger partial charge on any atom is -0.468 e. The van der Waals surface area contributed by atoms with E-state index in [9.17, 15) is 4.79 Å². The maximum atomic E-state index is 9.65. The van der Waals surface area contributed by atoms with Crippen molar-refractivity contribution in [2.45, 2.75) is 26.7 Å². The zero-order valence-corrected chi connectivity index (χ0v) is 6.09. The SMILES string of the molecule is CC[C@H](C)CCOC=O. The number of carbonyl (C=O) groups is 1. The molecule has 0 aromatic rings. The topological polar surface area (TPSA) is 26.3 Å². The van der Waals surface area contributed by atoms with Crippen LogP contribution in [0.4, 0.5) is 0 Å². The predicted octanol–water partition coefficient (Wildman–Crippen LogP) is 1.60. The first-order chi connectivity index (χ1) is 4.31. The van der Waals surface area contributed by atoms with Gasteiger partial charge < -0.3 is 4.74 Å². The van der Waals surface area contributed by atoms with Crippen molar-refractivity contribution < 1.29 is 9.53 Å². The Morgan fingerprint density at radius 2 is 2.33 bits per heavy atom. The molecule has 0 unspecified atom stereocenters. The van der Waals surface area contributed by atoms with Crippen LogP contribution in [0.2, 0.25) is 0 Å². The van der Waals surface area contributed by atoms with Gasteiger partial charge in [-0.3, -0.25) is 4.79 Å². The van der Waals surface area contributed by atoms with E-state index in [4.69, 9.17) is 0 Å². The first-order valence-electron chi connectivity index (χ1n) is 3.36. The van der Waals surface area contributed by atoms with Gasteiger partial charge in [-0.2, -0.15) is 0 Å². The molecule has 0 spiro atoms. The molecule has 9 heavy (non-hydrogen) atoms. The van der Waals surface area contributed by atoms with Crippen LogP contribution >= 0.6 is 0 Å². The number of carbonyl (C=O) groups excluding carboxylic acids is 1. The largest absolute Gasteiger partial charge is 0.468 e. The number of rotatable bonds is 5. The number of hydrogen-bond acceptors (Lipinski definition) is 2. The molecule has 0 bridgehead atoms. The Kier molecular flexibility index (Phi) is 5.27. The second-order valence-corrected chi connectivity index (χ2v) is 2.27. The van der Waals surface area contributed by atoms with Crippen molar-refractivity contribution in [3.8, 4) is 0 Å². The molecule has 0 aliphatic rings. The average molecular weight is 130 g/mol. The monoisotopic (exact) mass is 130 g/mol. The van der Waals surface area contributed by atoms with E-state index in [1.165, 1.54) is 0 Å². The lowest BCUT2D eigenvalue weighted by atomic mass is 10.1. The summed E-state index contributed by atoms with van der Waals surface area (Å²) in [5, 5.41) is 0. The van der Waals surface area contributed by atoms with Crippen molar-refractivity contribution >= 4 is 6.47 Å². The summed E-state index contributed by atoms with van der Waals surface area (Å²) in [6, 6.07) is 0. The van der Waals surface area contributed by atoms with Crippen molar-refractivity contribution in [3.63, 3.8) is 0 Å². The highest BCUT2D eigenvalue weighted by molar-refractivity contribution is 5.36. The lowest BCUT2D eigenvalue weighted by Crippen LogP contribution is -1.99. The minimum atomic E-state index is 0.502. The van der Waals surface area contributed by atoms with Crippen molar-refractivity contribution in [1.29, 1.82) is 0 Å². The van der Waals surface area contributed by atoms with Gasteiger partial charge in [-0.15, -0.1) is 0 Å². The zero-order valence-electron chi connectivity index (χ0n) is 6.09. The van der Waals surface area contributed by atoms with Crippen molar-refractivity contribution in [2.75, 3.05) is 6.61 Å². The molecule has 2 nitrogen and oxygen atoms in total. The molecule has 0 aromatic heterocycles. The van der Waals surface area contributed by atoms with Crippen LogP contribution in [0.3, 0.4) is 0 Å². The lowest BCUT2D eigenvalue weighted by molar-refractivity contribution is -0.129. The Balaban J connectivity index is 2.96. The first kappa shape index (κ1) is 8.47. The Labute approximate surface area is 56.2 Å². The average Bonchev–Trinajstić information content (AvgIpc) is 1.89. The van der Waals surface area contributed by atoms with Crippen molar-refractivity contribution in [3.05, 3.63) is 0 Å². The highest BCUT2D eigenvalue weighted by Crippen LogP contribution is 2.04. The van der Waals surface area contributed by atoms with Gasteiger partial charge in [-0.05, 0) is 12.3 Å². The van der Waals surface area contributed by atoms with Gasteiger partial charge in [0.2, 0.25) is 0 Å². The Morgan fingerprint density at radius 3 is 2.78 bits per heavy atom. The van der Waals surface area contributed by atoms with E-state index in [0.717, 1.165) is 12.8 Å². The molecule has 0 saturated heterocycles. The Hall–Kier alpha value is -0.530. The van der Waals surface area contributed by atoms with Crippen LogP contribution in [0.5, 0.6) is 0 Å². The molecule has 0 aliphatic heterocycles. The third-order valence-electron chi connectivity index (χ3n) is 1.49. The highest BCUT2D eigenvalue weighted by atomic mass is 16.5. The van der Waals surface area contributed by atoms with E-state index in [1.807, 2.05) is 0 Å². The highest BCUT2D eigenvalue weighted by Gasteiger charge is 1.96. The van der Waals surface area contributed by atoms with E-state index in [1.54, 1.807) is 0 Å². The van der Waals surface area contributed by atoms with Crippen LogP contribution in [-0.2, 0) is 9.53 Å². The van der Waals surface area contributed by atoms with E-state index < -0.39 is 0 Å². The van der Waals surface area contributed by atoms with Gasteiger partial charge in [0.15, 0.2) is 0 Å². The molecule has 54 valence electrons. The third kappa shape index (κ3) is 5.34. The summed E-state index contributed by atoms with van der Waals surface area (Å²) >= 11 is 0. The van der Waals surface area contributed by atoms with E-state index >= 15 is 0 Å². The number of ether oxygens (including phenoxy) is 1. The Bertz CT molecular complexity index is 71.3. The quantitative estimate of drug-likeness (QED) is 0.417. The summed E-state index contributed by atoms with van der Waals surface area (Å²) in [7, 11) is 0. The molecule has 0 aromatic carbocycles. The second kappa shape index (κ2) is 5.60. The molecule has 2 heteroatoms. The van der Waals surface area contributed by atoms with Gasteiger partial charge in [-0.1, -0.05) is 20.3 Å². The van der Waals surface area contributed by atoms with E-state index in [2.05, 4.69) is 18.6 Å². The van der Waals surface area contributed by atoms with E-state index in [-0.39, 0.29) is 0 Å². The molecular weight excluding hydrogens is 116 g/mol. The third-order valence-corrected chi connectivity index (χ3v) is 1.49. The molecule has 0 N–H and O–H groups in total. The standard InChI is InChI=1S/C7H14O2/c1-3-7(2)4-5-9-6-8/h6-7H,3-5H2,1-2H3/t7-/m0/s1. The summed E-state index contributed by atoms with van der Waals surface area (Å²) in [5.74, 6) is 0.671. The minimum absolute atomic E-state index is 0.502. The normalized spacial score (nSPS) is 12.7. The van der Waals surface area contributed by atoms with Crippen molar-refractivity contribution in [2.24, 2.45) is 5.92 Å². The maximum Gasteiger partial charge on any atom is 0.293 e. The molecule has 0 fully saturated rings. The molecule has 0 amide bonds. The predicted molar refractivity (Wildman–Crippen MR) is 36.1 cm³/mol. The summed E-state index contributed by atoms with van der Waals surface area (Å²) < 4.78 is 4.53. The molecule has 0 aliphatic carbocycles. The van der Waals surface area contributed by atoms with Gasteiger partial charge in [0.25, 0.3) is 6.47 Å². The van der Waals surface area contributed by atoms with Crippen LogP contribution in [0.25, 0.3) is 0 Å². The molecular formula is C7H14O2. The van der Waals surface area contributed by atoms with Crippen LogP contribution in [0.1, 0.15) is 26.7 Å². The molecule has 0 saturated carbocycles. The summed E-state index contributed by atoms with van der Waals surface area (Å²) in [6.07, 6.45) is 2.14. The Morgan fingerprint density at radius 1 is 1.67 bits per heavy atom. The van der Waals surface area contributed by atoms with Crippen LogP contribution in [-0.4, -0.2) is 13.1 Å². The fourth-order valence-electron chi connectivity index (χ4n) is 0.521. The van der Waals surface area contributed by atoms with Crippen LogP contribution < -0.4 is 0 Å². The van der Waals surface area contributed by atoms with Crippen LogP contribution in [0.15, 0.2) is 0 Å². The second-order valence-electron chi connectivity index (χ2n) is 2.27. The number of hydrogen-bond donors (Lipinski definition) is 0. The first-order valence-corrected chi connectivity index (χ1v) is 3.36. The maximum absolute atomic E-state index is 9.65. The van der Waals surface area contributed by atoms with Gasteiger partial charge in [-0.25, -0.2) is 0 Å². The smallest absolute Gasteiger partial charge is 0.293 e. The zero-order chi connectivity index (χ0) is 7.11. The van der Waals surface area contributed by atoms with E-state index in [0.29, 0.717) is 19.0 Å². The van der Waals surface area contributed by atoms with Gasteiger partial charge in [0.1, 0.15) is 0 Å². The molecule has 0 heterocycles. The molecule has 1 atom stereocenters. The molecule has 0 radical (unpaired) electrons. The fourth-order valence-corrected chi connectivity index (χ4v) is 0.521. The summed E-state index contributed by atoms with van der Waals surface area (Å²) in [4.78, 5) is 9.65. The van der Waals surface area contributed by atoms with Gasteiger partial charge >= 0.3 is 0 Å². The van der Waals surface area contributed by atoms with Gasteiger partial charge in [0.05, 0.1) is 6.61 Å². The molecule has 0 rings (SSSR count). The van der Waals surface area contributed by atoms with Gasteiger partial charge in [0, 0.05) is 0 Å².